The van der Waals surface area contributed by atoms with Crippen molar-refractivity contribution in [2.75, 3.05) is 37.0 Å². The van der Waals surface area contributed by atoms with Crippen molar-refractivity contribution in [3.63, 3.8) is 0 Å². The number of rotatable bonds is 7. The number of ether oxygens (including phenoxy) is 1. The van der Waals surface area contributed by atoms with Gasteiger partial charge in [0, 0.05) is 32.3 Å². The van der Waals surface area contributed by atoms with E-state index in [2.05, 4.69) is 34.0 Å². The summed E-state index contributed by atoms with van der Waals surface area (Å²) >= 11 is 0. The van der Waals surface area contributed by atoms with E-state index < -0.39 is 0 Å². The lowest BCUT2D eigenvalue weighted by molar-refractivity contribution is 0.121. The lowest BCUT2D eigenvalue weighted by Gasteiger charge is -2.22. The van der Waals surface area contributed by atoms with E-state index in [1.807, 2.05) is 0 Å². The third-order valence-electron chi connectivity index (χ3n) is 3.74. The van der Waals surface area contributed by atoms with E-state index in [9.17, 15) is 0 Å². The smallest absolute Gasteiger partial charge is 0.137 e. The zero-order valence-electron chi connectivity index (χ0n) is 12.9. The Bertz CT molecular complexity index is 424. The molecule has 0 bridgehead atoms. The highest BCUT2D eigenvalue weighted by molar-refractivity contribution is 5.59. The van der Waals surface area contributed by atoms with Gasteiger partial charge in [-0.25, -0.2) is 9.97 Å². The molecule has 1 N–H and O–H groups in total. The summed E-state index contributed by atoms with van der Waals surface area (Å²) in [5.41, 5.74) is 1.25. The molecule has 0 aromatic carbocycles. The minimum Gasteiger partial charge on any atom is -0.380 e. The van der Waals surface area contributed by atoms with Crippen LogP contribution in [0.15, 0.2) is 6.33 Å². The highest BCUT2D eigenvalue weighted by Crippen LogP contribution is 2.28. The molecule has 1 aliphatic rings. The van der Waals surface area contributed by atoms with Gasteiger partial charge in [-0.15, -0.1) is 0 Å². The Kier molecular flexibility index (Phi) is 5.59. The predicted octanol–water partition coefficient (Wildman–Crippen LogP) is 2.48. The van der Waals surface area contributed by atoms with Crippen molar-refractivity contribution < 1.29 is 4.74 Å². The topological polar surface area (TPSA) is 50.3 Å². The van der Waals surface area contributed by atoms with Crippen LogP contribution in [0, 0.1) is 0 Å². The van der Waals surface area contributed by atoms with E-state index in [0.29, 0.717) is 6.10 Å². The highest BCUT2D eigenvalue weighted by Gasteiger charge is 2.25. The normalized spacial score (nSPS) is 18.6. The van der Waals surface area contributed by atoms with Gasteiger partial charge >= 0.3 is 0 Å². The number of hydrogen-bond acceptors (Lipinski definition) is 5. The van der Waals surface area contributed by atoms with Crippen molar-refractivity contribution >= 4 is 11.6 Å². The molecule has 1 aromatic heterocycles. The van der Waals surface area contributed by atoms with Gasteiger partial charge in [0.1, 0.15) is 18.0 Å². The molecule has 5 heteroatoms. The minimum absolute atomic E-state index is 0.325. The number of nitrogens with zero attached hydrogens (tertiary/aromatic N) is 3. The molecule has 1 aromatic rings. The van der Waals surface area contributed by atoms with Crippen LogP contribution in [-0.4, -0.2) is 42.8 Å². The summed E-state index contributed by atoms with van der Waals surface area (Å²) in [7, 11) is 1.79. The van der Waals surface area contributed by atoms with Crippen LogP contribution < -0.4 is 10.2 Å². The van der Waals surface area contributed by atoms with Gasteiger partial charge < -0.3 is 15.0 Å². The standard InChI is InChI=1S/C15H26N4O/c1-4-6-13-14(16-8-5-2)17-11-18-15(13)19-9-7-12(10-19)20-3/h11-12H,4-10H2,1-3H3,(H,16,17,18). The zero-order chi connectivity index (χ0) is 14.4. The number of methoxy groups -OCH3 is 1. The Morgan fingerprint density at radius 2 is 2.20 bits per heavy atom. The predicted molar refractivity (Wildman–Crippen MR) is 82.4 cm³/mol. The van der Waals surface area contributed by atoms with E-state index in [-0.39, 0.29) is 0 Å². The molecule has 1 fully saturated rings. The van der Waals surface area contributed by atoms with Gasteiger partial charge in [-0.2, -0.15) is 0 Å². The summed E-state index contributed by atoms with van der Waals surface area (Å²) in [5.74, 6) is 2.08. The molecule has 1 saturated heterocycles. The number of hydrogen-bond donors (Lipinski definition) is 1. The maximum Gasteiger partial charge on any atom is 0.137 e. The molecule has 0 amide bonds. The molecule has 2 heterocycles. The third-order valence-corrected chi connectivity index (χ3v) is 3.74. The summed E-state index contributed by atoms with van der Waals surface area (Å²) in [6, 6.07) is 0. The highest BCUT2D eigenvalue weighted by atomic mass is 16.5. The summed E-state index contributed by atoms with van der Waals surface area (Å²) in [6.07, 6.45) is 6.28. The van der Waals surface area contributed by atoms with Gasteiger partial charge in [0.15, 0.2) is 0 Å². The second-order valence-electron chi connectivity index (χ2n) is 5.29. The first kappa shape index (κ1) is 15.0. The monoisotopic (exact) mass is 278 g/mol. The van der Waals surface area contributed by atoms with E-state index in [0.717, 1.165) is 57.0 Å². The molecule has 0 spiro atoms. The molecule has 1 aliphatic heterocycles. The molecule has 5 nitrogen and oxygen atoms in total. The number of anilines is 2. The van der Waals surface area contributed by atoms with E-state index in [4.69, 9.17) is 4.74 Å². The summed E-state index contributed by atoms with van der Waals surface area (Å²) in [4.78, 5) is 11.3. The minimum atomic E-state index is 0.325. The molecule has 20 heavy (non-hydrogen) atoms. The maximum atomic E-state index is 5.46. The second kappa shape index (κ2) is 7.43. The first-order valence-electron chi connectivity index (χ1n) is 7.65. The Morgan fingerprint density at radius 1 is 1.35 bits per heavy atom. The van der Waals surface area contributed by atoms with Crippen LogP contribution in [0.1, 0.15) is 38.7 Å². The molecule has 0 aliphatic carbocycles. The molecular weight excluding hydrogens is 252 g/mol. The number of nitrogens with one attached hydrogen (secondary N) is 1. The molecular formula is C15H26N4O. The lowest BCUT2D eigenvalue weighted by atomic mass is 10.1. The second-order valence-corrected chi connectivity index (χ2v) is 5.29. The van der Waals surface area contributed by atoms with E-state index in [1.165, 1.54) is 5.56 Å². The van der Waals surface area contributed by atoms with Crippen molar-refractivity contribution in [2.45, 2.75) is 45.6 Å². The fraction of sp³-hybridized carbons (Fsp3) is 0.733. The van der Waals surface area contributed by atoms with E-state index in [1.54, 1.807) is 13.4 Å². The average molecular weight is 278 g/mol. The van der Waals surface area contributed by atoms with Crippen LogP contribution in [-0.2, 0) is 11.2 Å². The Balaban J connectivity index is 2.22. The first-order chi connectivity index (χ1) is 9.80. The molecule has 112 valence electrons. The number of aromatic nitrogens is 2. The van der Waals surface area contributed by atoms with Gasteiger partial charge in [0.2, 0.25) is 0 Å². The van der Waals surface area contributed by atoms with Crippen LogP contribution in [0.3, 0.4) is 0 Å². The van der Waals surface area contributed by atoms with Crippen LogP contribution in [0.4, 0.5) is 11.6 Å². The lowest BCUT2D eigenvalue weighted by Crippen LogP contribution is -2.25. The quantitative estimate of drug-likeness (QED) is 0.830. The van der Waals surface area contributed by atoms with Crippen LogP contribution in [0.25, 0.3) is 0 Å². The molecule has 1 unspecified atom stereocenters. The van der Waals surface area contributed by atoms with Crippen molar-refractivity contribution in [2.24, 2.45) is 0 Å². The summed E-state index contributed by atoms with van der Waals surface area (Å²) in [5, 5.41) is 3.43. The Labute approximate surface area is 121 Å². The van der Waals surface area contributed by atoms with Crippen molar-refractivity contribution in [1.29, 1.82) is 0 Å². The largest absolute Gasteiger partial charge is 0.380 e. The first-order valence-corrected chi connectivity index (χ1v) is 7.65. The van der Waals surface area contributed by atoms with Gasteiger partial charge in [0.05, 0.1) is 6.10 Å². The van der Waals surface area contributed by atoms with E-state index >= 15 is 0 Å². The Hall–Kier alpha value is -1.36. The molecule has 0 radical (unpaired) electrons. The molecule has 0 saturated carbocycles. The maximum absolute atomic E-state index is 5.46. The van der Waals surface area contributed by atoms with Gasteiger partial charge in [-0.05, 0) is 19.3 Å². The van der Waals surface area contributed by atoms with Crippen molar-refractivity contribution in [1.82, 2.24) is 9.97 Å². The van der Waals surface area contributed by atoms with Crippen LogP contribution in [0.2, 0.25) is 0 Å². The van der Waals surface area contributed by atoms with Gasteiger partial charge in [-0.3, -0.25) is 0 Å². The molecule has 1 atom stereocenters. The fourth-order valence-electron chi connectivity index (χ4n) is 2.66. The fourth-order valence-corrected chi connectivity index (χ4v) is 2.66. The summed E-state index contributed by atoms with van der Waals surface area (Å²) < 4.78 is 5.46. The third kappa shape index (κ3) is 3.39. The SMILES string of the molecule is CCCNc1ncnc(N2CCC(OC)C2)c1CCC. The van der Waals surface area contributed by atoms with Crippen LogP contribution in [0.5, 0.6) is 0 Å². The van der Waals surface area contributed by atoms with Gasteiger partial charge in [0.25, 0.3) is 0 Å². The van der Waals surface area contributed by atoms with Crippen LogP contribution >= 0.6 is 0 Å². The van der Waals surface area contributed by atoms with Crippen molar-refractivity contribution in [3.8, 4) is 0 Å². The molecule has 2 rings (SSSR count). The Morgan fingerprint density at radius 3 is 2.85 bits per heavy atom. The van der Waals surface area contributed by atoms with Crippen molar-refractivity contribution in [3.05, 3.63) is 11.9 Å². The average Bonchev–Trinajstić information content (AvgIpc) is 2.95. The zero-order valence-corrected chi connectivity index (χ0v) is 12.9. The van der Waals surface area contributed by atoms with Gasteiger partial charge in [-0.1, -0.05) is 20.3 Å². The summed E-state index contributed by atoms with van der Waals surface area (Å²) in [6.45, 7) is 7.26.